The molecule has 1 aromatic carbocycles. The maximum absolute atomic E-state index is 13.1. The van der Waals surface area contributed by atoms with Gasteiger partial charge in [0.1, 0.15) is 11.6 Å². The van der Waals surface area contributed by atoms with Crippen LogP contribution in [0.3, 0.4) is 0 Å². The van der Waals surface area contributed by atoms with Gasteiger partial charge in [-0.25, -0.2) is 9.37 Å². The van der Waals surface area contributed by atoms with E-state index in [1.165, 1.54) is 12.1 Å². The fraction of sp³-hybridized carbons (Fsp3) is 0.444. The van der Waals surface area contributed by atoms with Crippen molar-refractivity contribution in [1.82, 2.24) is 14.5 Å². The first kappa shape index (κ1) is 14.4. The fourth-order valence-corrected chi connectivity index (χ4v) is 3.68. The van der Waals surface area contributed by atoms with Gasteiger partial charge in [0.2, 0.25) is 5.91 Å². The number of nitrogens with zero attached hydrogens (tertiary/aromatic N) is 3. The topological polar surface area (TPSA) is 38.1 Å². The molecule has 0 spiro atoms. The van der Waals surface area contributed by atoms with E-state index >= 15 is 0 Å². The molecule has 1 fully saturated rings. The maximum Gasteiger partial charge on any atom is 0.227 e. The molecule has 4 nitrogen and oxygen atoms in total. The van der Waals surface area contributed by atoms with Gasteiger partial charge < -0.3 is 9.47 Å². The van der Waals surface area contributed by atoms with Gasteiger partial charge in [0.05, 0.1) is 17.8 Å². The highest BCUT2D eigenvalue weighted by Gasteiger charge is 2.31. The second kappa shape index (κ2) is 5.80. The maximum atomic E-state index is 13.1. The Hall–Kier alpha value is -2.17. The summed E-state index contributed by atoms with van der Waals surface area (Å²) in [6, 6.07) is 6.47. The van der Waals surface area contributed by atoms with Crippen LogP contribution < -0.4 is 0 Å². The first-order chi connectivity index (χ1) is 11.2. The van der Waals surface area contributed by atoms with E-state index in [2.05, 4.69) is 9.55 Å². The average Bonchev–Trinajstić information content (AvgIpc) is 3.24. The van der Waals surface area contributed by atoms with Crippen molar-refractivity contribution >= 4 is 5.91 Å². The Labute approximate surface area is 134 Å². The van der Waals surface area contributed by atoms with Crippen molar-refractivity contribution in [1.29, 1.82) is 0 Å². The number of carbonyl (C=O) groups is 1. The third-order valence-corrected chi connectivity index (χ3v) is 4.96. The van der Waals surface area contributed by atoms with Gasteiger partial charge in [-0.3, -0.25) is 4.79 Å². The molecule has 1 aromatic heterocycles. The van der Waals surface area contributed by atoms with Gasteiger partial charge in [0.15, 0.2) is 0 Å². The highest BCUT2D eigenvalue weighted by atomic mass is 19.1. The highest BCUT2D eigenvalue weighted by molar-refractivity contribution is 5.79. The Bertz CT molecular complexity index is 716. The number of hydrogen-bond donors (Lipinski definition) is 0. The monoisotopic (exact) mass is 313 g/mol. The normalized spacial score (nSPS) is 20.6. The standard InChI is InChI=1S/C18H20FN3O/c19-15-6-3-13(4-7-15)16-11-20-17-8-5-14(12-22(16)17)18(23)21-9-1-2-10-21/h3-4,6-7,11,14H,1-2,5,8-10,12H2. The zero-order chi connectivity index (χ0) is 15.8. The van der Waals surface area contributed by atoms with Crippen molar-refractivity contribution in [3.8, 4) is 11.3 Å². The van der Waals surface area contributed by atoms with Gasteiger partial charge in [0, 0.05) is 26.1 Å². The van der Waals surface area contributed by atoms with Crippen LogP contribution in [0.5, 0.6) is 0 Å². The van der Waals surface area contributed by atoms with Crippen molar-refractivity contribution in [2.45, 2.75) is 32.2 Å². The fourth-order valence-electron chi connectivity index (χ4n) is 3.68. The molecule has 0 radical (unpaired) electrons. The number of hydrogen-bond acceptors (Lipinski definition) is 2. The van der Waals surface area contributed by atoms with Crippen LogP contribution in [0.2, 0.25) is 0 Å². The lowest BCUT2D eigenvalue weighted by Gasteiger charge is -2.28. The number of rotatable bonds is 2. The molecule has 0 saturated carbocycles. The van der Waals surface area contributed by atoms with Crippen molar-refractivity contribution in [2.24, 2.45) is 5.92 Å². The highest BCUT2D eigenvalue weighted by Crippen LogP contribution is 2.29. The van der Waals surface area contributed by atoms with Crippen LogP contribution in [0.15, 0.2) is 30.5 Å². The van der Waals surface area contributed by atoms with E-state index in [0.717, 1.165) is 55.9 Å². The van der Waals surface area contributed by atoms with Gasteiger partial charge in [-0.15, -0.1) is 0 Å². The van der Waals surface area contributed by atoms with Crippen molar-refractivity contribution in [3.63, 3.8) is 0 Å². The Kier molecular flexibility index (Phi) is 3.63. The molecule has 5 heteroatoms. The summed E-state index contributed by atoms with van der Waals surface area (Å²) in [4.78, 5) is 19.2. The molecule has 1 unspecified atom stereocenters. The summed E-state index contributed by atoms with van der Waals surface area (Å²) in [5.74, 6) is 1.10. The van der Waals surface area contributed by atoms with Crippen molar-refractivity contribution in [2.75, 3.05) is 13.1 Å². The summed E-state index contributed by atoms with van der Waals surface area (Å²) in [5.41, 5.74) is 1.92. The van der Waals surface area contributed by atoms with E-state index < -0.39 is 0 Å². The predicted molar refractivity (Wildman–Crippen MR) is 85.2 cm³/mol. The van der Waals surface area contributed by atoms with Crippen LogP contribution in [0.4, 0.5) is 4.39 Å². The molecule has 1 atom stereocenters. The molecule has 0 bridgehead atoms. The number of amides is 1. The Morgan fingerprint density at radius 3 is 2.65 bits per heavy atom. The number of carbonyl (C=O) groups excluding carboxylic acids is 1. The van der Waals surface area contributed by atoms with Gasteiger partial charge >= 0.3 is 0 Å². The third kappa shape index (κ3) is 2.64. The lowest BCUT2D eigenvalue weighted by atomic mass is 9.97. The van der Waals surface area contributed by atoms with E-state index in [9.17, 15) is 9.18 Å². The molecular formula is C18H20FN3O. The average molecular weight is 313 g/mol. The molecule has 23 heavy (non-hydrogen) atoms. The van der Waals surface area contributed by atoms with Crippen LogP contribution in [-0.2, 0) is 17.8 Å². The van der Waals surface area contributed by atoms with Gasteiger partial charge in [-0.2, -0.15) is 0 Å². The van der Waals surface area contributed by atoms with Crippen molar-refractivity contribution < 1.29 is 9.18 Å². The van der Waals surface area contributed by atoms with E-state index in [4.69, 9.17) is 0 Å². The zero-order valence-electron chi connectivity index (χ0n) is 13.0. The quantitative estimate of drug-likeness (QED) is 0.855. The van der Waals surface area contributed by atoms with Gasteiger partial charge in [-0.1, -0.05) is 0 Å². The number of imidazole rings is 1. The molecule has 1 saturated heterocycles. The van der Waals surface area contributed by atoms with Crippen LogP contribution >= 0.6 is 0 Å². The van der Waals surface area contributed by atoms with E-state index in [1.807, 2.05) is 11.1 Å². The van der Waals surface area contributed by atoms with E-state index in [0.29, 0.717) is 6.54 Å². The van der Waals surface area contributed by atoms with Crippen LogP contribution in [0.1, 0.15) is 25.1 Å². The SMILES string of the molecule is O=C(C1CCc2ncc(-c3ccc(F)cc3)n2C1)N1CCCC1. The van der Waals surface area contributed by atoms with Crippen LogP contribution in [0, 0.1) is 11.7 Å². The molecule has 0 N–H and O–H groups in total. The first-order valence-corrected chi connectivity index (χ1v) is 8.31. The molecule has 2 aromatic rings. The number of fused-ring (bicyclic) bond motifs is 1. The second-order valence-electron chi connectivity index (χ2n) is 6.45. The minimum atomic E-state index is -0.241. The second-order valence-corrected chi connectivity index (χ2v) is 6.45. The van der Waals surface area contributed by atoms with Crippen LogP contribution in [0.25, 0.3) is 11.3 Å². The summed E-state index contributed by atoms with van der Waals surface area (Å²) < 4.78 is 15.3. The van der Waals surface area contributed by atoms with E-state index in [1.54, 1.807) is 12.1 Å². The number of aryl methyl sites for hydroxylation is 1. The molecule has 120 valence electrons. The molecule has 1 amide bonds. The molecule has 3 heterocycles. The summed E-state index contributed by atoms with van der Waals surface area (Å²) in [5, 5.41) is 0. The molecule has 2 aliphatic heterocycles. The largest absolute Gasteiger partial charge is 0.342 e. The number of likely N-dealkylation sites (tertiary alicyclic amines) is 1. The van der Waals surface area contributed by atoms with E-state index in [-0.39, 0.29) is 17.6 Å². The predicted octanol–water partition coefficient (Wildman–Crippen LogP) is 2.87. The Morgan fingerprint density at radius 1 is 1.17 bits per heavy atom. The smallest absolute Gasteiger partial charge is 0.227 e. The third-order valence-electron chi connectivity index (χ3n) is 4.96. The van der Waals surface area contributed by atoms with Gasteiger partial charge in [0.25, 0.3) is 0 Å². The summed E-state index contributed by atoms with van der Waals surface area (Å²) >= 11 is 0. The molecule has 0 aliphatic carbocycles. The number of benzene rings is 1. The van der Waals surface area contributed by atoms with Crippen LogP contribution in [-0.4, -0.2) is 33.4 Å². The lowest BCUT2D eigenvalue weighted by molar-refractivity contribution is -0.135. The number of aromatic nitrogens is 2. The first-order valence-electron chi connectivity index (χ1n) is 8.31. The molecule has 4 rings (SSSR count). The van der Waals surface area contributed by atoms with Gasteiger partial charge in [-0.05, 0) is 49.1 Å². The minimum Gasteiger partial charge on any atom is -0.342 e. The van der Waals surface area contributed by atoms with Crippen molar-refractivity contribution in [3.05, 3.63) is 42.1 Å². The minimum absolute atomic E-state index is 0.0361. The Morgan fingerprint density at radius 2 is 1.91 bits per heavy atom. The molecule has 2 aliphatic rings. The Balaban J connectivity index is 1.59. The summed E-state index contributed by atoms with van der Waals surface area (Å²) in [6.07, 6.45) is 5.77. The summed E-state index contributed by atoms with van der Waals surface area (Å²) in [7, 11) is 0. The number of halogens is 1. The zero-order valence-corrected chi connectivity index (χ0v) is 13.0. The lowest BCUT2D eigenvalue weighted by Crippen LogP contribution is -2.38. The summed E-state index contributed by atoms with van der Waals surface area (Å²) in [6.45, 7) is 2.48. The molecular weight excluding hydrogens is 293 g/mol.